The number of nitrogens with zero attached hydrogens (tertiary/aromatic N) is 7. The number of fused-ring (bicyclic) bond motifs is 1. The molecular formula is C27H33N9O3. The molecule has 0 atom stereocenters. The Balaban J connectivity index is 0.000000298. The van der Waals surface area contributed by atoms with Crippen LogP contribution in [0.15, 0.2) is 42.9 Å². The van der Waals surface area contributed by atoms with E-state index in [4.69, 9.17) is 11.0 Å². The first-order valence-electron chi connectivity index (χ1n) is 12.8. The van der Waals surface area contributed by atoms with Gasteiger partial charge in [-0.25, -0.2) is 9.31 Å². The van der Waals surface area contributed by atoms with E-state index in [0.717, 1.165) is 17.8 Å². The summed E-state index contributed by atoms with van der Waals surface area (Å²) in [6.07, 6.45) is 9.03. The maximum absolute atomic E-state index is 10.5. The van der Waals surface area contributed by atoms with Crippen molar-refractivity contribution >= 4 is 17.3 Å². The summed E-state index contributed by atoms with van der Waals surface area (Å²) in [6.45, 7) is 4.85. The zero-order chi connectivity index (χ0) is 28.0. The van der Waals surface area contributed by atoms with E-state index < -0.39 is 5.60 Å². The Kier molecular flexibility index (Phi) is 8.41. The van der Waals surface area contributed by atoms with Gasteiger partial charge in [0.1, 0.15) is 11.8 Å². The standard InChI is InChI=1S/C20H20N8O.C7H13NO2/c1-20(2,29)5-6-27-12-18(25-26-27)15-11-23-17(8-16(15)22)19-4-3-14-7-13(9-21)10-24-28(14)19;1-10-7(9)8-5-6-3-2-4-6/h3-4,7-8,10-12,29H,5-6H2,1-2H3,(H2,22,23);6H,2-5H2,1H3,(H,8,9). The van der Waals surface area contributed by atoms with Gasteiger partial charge in [0.15, 0.2) is 0 Å². The fraction of sp³-hybridized carbons (Fsp3) is 0.407. The SMILES string of the molecule is CC(C)(O)CCn1cc(-c2cnc(-c3ccc4cc(C#N)cnn34)cc2N)nn1.COC(=O)NCC1CCC1. The highest BCUT2D eigenvalue weighted by Gasteiger charge is 2.18. The Bertz CT molecular complexity index is 1480. The number of carbonyl (C=O) groups excluding carboxylic acids is 1. The largest absolute Gasteiger partial charge is 0.453 e. The molecule has 1 saturated carbocycles. The highest BCUT2D eigenvalue weighted by atomic mass is 16.5. The van der Waals surface area contributed by atoms with Crippen LogP contribution in [-0.4, -0.2) is 60.0 Å². The van der Waals surface area contributed by atoms with Crippen LogP contribution < -0.4 is 11.1 Å². The topological polar surface area (TPSA) is 169 Å². The van der Waals surface area contributed by atoms with Crippen molar-refractivity contribution in [3.05, 3.63) is 48.4 Å². The summed E-state index contributed by atoms with van der Waals surface area (Å²) in [5, 5.41) is 34.1. The lowest BCUT2D eigenvalue weighted by Crippen LogP contribution is -2.31. The molecule has 0 spiro atoms. The molecule has 0 aromatic carbocycles. The Labute approximate surface area is 226 Å². The van der Waals surface area contributed by atoms with Crippen LogP contribution >= 0.6 is 0 Å². The second-order valence-corrected chi connectivity index (χ2v) is 10.2. The number of aliphatic hydroxyl groups is 1. The number of nitrogens with one attached hydrogen (secondary N) is 1. The van der Waals surface area contributed by atoms with E-state index in [2.05, 4.69) is 36.5 Å². The molecule has 12 heteroatoms. The number of amides is 1. The predicted molar refractivity (Wildman–Crippen MR) is 145 cm³/mol. The third-order valence-corrected chi connectivity index (χ3v) is 6.54. The lowest BCUT2D eigenvalue weighted by atomic mass is 9.85. The number of ether oxygens (including phenoxy) is 1. The van der Waals surface area contributed by atoms with Crippen molar-refractivity contribution in [3.63, 3.8) is 0 Å². The average molecular weight is 532 g/mol. The third-order valence-electron chi connectivity index (χ3n) is 6.54. The monoisotopic (exact) mass is 531 g/mol. The smallest absolute Gasteiger partial charge is 0.406 e. The zero-order valence-electron chi connectivity index (χ0n) is 22.3. The number of nitriles is 1. The molecule has 4 aromatic heterocycles. The maximum atomic E-state index is 10.5. The number of aromatic nitrogens is 6. The third kappa shape index (κ3) is 7.08. The fourth-order valence-electron chi connectivity index (χ4n) is 4.00. The number of rotatable bonds is 7. The average Bonchev–Trinajstić information content (AvgIpc) is 3.53. The van der Waals surface area contributed by atoms with E-state index >= 15 is 0 Å². The van der Waals surface area contributed by atoms with Crippen LogP contribution in [0.25, 0.3) is 28.2 Å². The van der Waals surface area contributed by atoms with Crippen molar-refractivity contribution in [2.75, 3.05) is 19.4 Å². The van der Waals surface area contributed by atoms with Crippen LogP contribution in [0.3, 0.4) is 0 Å². The number of aryl methyl sites for hydroxylation is 1. The summed E-state index contributed by atoms with van der Waals surface area (Å²) in [5.74, 6) is 0.707. The highest BCUT2D eigenvalue weighted by Crippen LogP contribution is 2.28. The van der Waals surface area contributed by atoms with Crippen molar-refractivity contribution in [1.29, 1.82) is 5.26 Å². The predicted octanol–water partition coefficient (Wildman–Crippen LogP) is 3.41. The molecule has 0 aliphatic heterocycles. The summed E-state index contributed by atoms with van der Waals surface area (Å²) < 4.78 is 7.82. The molecule has 4 N–H and O–H groups in total. The van der Waals surface area contributed by atoms with Gasteiger partial charge >= 0.3 is 6.09 Å². The van der Waals surface area contributed by atoms with Crippen LogP contribution in [0.5, 0.6) is 0 Å². The van der Waals surface area contributed by atoms with Gasteiger partial charge in [-0.05, 0) is 63.3 Å². The van der Waals surface area contributed by atoms with Crippen LogP contribution in [0.2, 0.25) is 0 Å². The van der Waals surface area contributed by atoms with Crippen LogP contribution in [0, 0.1) is 17.2 Å². The van der Waals surface area contributed by atoms with E-state index in [1.165, 1.54) is 32.6 Å². The van der Waals surface area contributed by atoms with Crippen molar-refractivity contribution in [2.24, 2.45) is 5.92 Å². The van der Waals surface area contributed by atoms with E-state index in [-0.39, 0.29) is 6.09 Å². The van der Waals surface area contributed by atoms with Crippen LogP contribution in [0.1, 0.15) is 45.1 Å². The van der Waals surface area contributed by atoms with Gasteiger partial charge in [-0.15, -0.1) is 5.10 Å². The molecule has 0 unspecified atom stereocenters. The van der Waals surface area contributed by atoms with E-state index in [1.807, 2.05) is 12.1 Å². The summed E-state index contributed by atoms with van der Waals surface area (Å²) in [4.78, 5) is 15.0. The minimum absolute atomic E-state index is 0.313. The Morgan fingerprint density at radius 3 is 2.72 bits per heavy atom. The molecule has 1 amide bonds. The number of hydrogen-bond acceptors (Lipinski definition) is 9. The number of pyridine rings is 1. The lowest BCUT2D eigenvalue weighted by molar-refractivity contribution is 0.0649. The summed E-state index contributed by atoms with van der Waals surface area (Å²) in [6, 6.07) is 9.38. The molecule has 0 saturated heterocycles. The number of hydrogen-bond donors (Lipinski definition) is 3. The first kappa shape index (κ1) is 27.5. The molecule has 1 aliphatic rings. The van der Waals surface area contributed by atoms with Gasteiger partial charge in [0, 0.05) is 30.5 Å². The molecule has 39 heavy (non-hydrogen) atoms. The van der Waals surface area contributed by atoms with E-state index in [0.29, 0.717) is 47.1 Å². The lowest BCUT2D eigenvalue weighted by Gasteiger charge is -2.24. The fourth-order valence-corrected chi connectivity index (χ4v) is 4.00. The molecule has 4 aromatic rings. The zero-order valence-corrected chi connectivity index (χ0v) is 22.3. The van der Waals surface area contributed by atoms with Gasteiger partial charge in [0.2, 0.25) is 0 Å². The van der Waals surface area contributed by atoms with E-state index in [9.17, 15) is 9.90 Å². The first-order valence-corrected chi connectivity index (χ1v) is 12.8. The second-order valence-electron chi connectivity index (χ2n) is 10.2. The molecule has 1 aliphatic carbocycles. The number of anilines is 1. The van der Waals surface area contributed by atoms with Crippen molar-refractivity contribution in [2.45, 2.75) is 51.7 Å². The molecule has 0 bridgehead atoms. The number of methoxy groups -OCH3 is 1. The quantitative estimate of drug-likeness (QED) is 0.323. The molecule has 12 nitrogen and oxygen atoms in total. The molecular weight excluding hydrogens is 498 g/mol. The Hall–Kier alpha value is -4.50. The van der Waals surface area contributed by atoms with Gasteiger partial charge in [-0.1, -0.05) is 11.6 Å². The molecule has 4 heterocycles. The van der Waals surface area contributed by atoms with Crippen LogP contribution in [0.4, 0.5) is 10.5 Å². The summed E-state index contributed by atoms with van der Waals surface area (Å²) in [5.41, 5.74) is 10.1. The molecule has 5 rings (SSSR count). The van der Waals surface area contributed by atoms with Crippen molar-refractivity contribution in [1.82, 2.24) is 34.9 Å². The minimum atomic E-state index is -0.767. The first-order chi connectivity index (χ1) is 18.7. The maximum Gasteiger partial charge on any atom is 0.406 e. The molecule has 204 valence electrons. The van der Waals surface area contributed by atoms with Gasteiger partial charge in [-0.2, -0.15) is 10.4 Å². The van der Waals surface area contributed by atoms with Gasteiger partial charge < -0.3 is 20.9 Å². The number of alkyl carbamates (subject to hydrolysis) is 1. The normalized spacial score (nSPS) is 13.2. The summed E-state index contributed by atoms with van der Waals surface area (Å²) >= 11 is 0. The number of nitrogens with two attached hydrogens (primary N) is 1. The molecule has 0 radical (unpaired) electrons. The number of nitrogen functional groups attached to an aromatic ring is 1. The minimum Gasteiger partial charge on any atom is -0.453 e. The van der Waals surface area contributed by atoms with Crippen LogP contribution in [-0.2, 0) is 11.3 Å². The Morgan fingerprint density at radius 2 is 2.08 bits per heavy atom. The summed E-state index contributed by atoms with van der Waals surface area (Å²) in [7, 11) is 1.39. The Morgan fingerprint density at radius 1 is 1.28 bits per heavy atom. The van der Waals surface area contributed by atoms with E-state index in [1.54, 1.807) is 47.6 Å². The molecule has 1 fully saturated rings. The number of carbonyl (C=O) groups is 1. The van der Waals surface area contributed by atoms with Gasteiger partial charge in [-0.3, -0.25) is 9.67 Å². The highest BCUT2D eigenvalue weighted by molar-refractivity contribution is 5.77. The van der Waals surface area contributed by atoms with Crippen molar-refractivity contribution < 1.29 is 14.6 Å². The van der Waals surface area contributed by atoms with Crippen molar-refractivity contribution in [3.8, 4) is 28.7 Å². The van der Waals surface area contributed by atoms with Gasteiger partial charge in [0.05, 0.1) is 47.6 Å². The van der Waals surface area contributed by atoms with Gasteiger partial charge in [0.25, 0.3) is 0 Å². The second kappa shape index (κ2) is 11.9.